The van der Waals surface area contributed by atoms with Crippen molar-refractivity contribution in [1.29, 1.82) is 0 Å². The predicted molar refractivity (Wildman–Crippen MR) is 121 cm³/mol. The molecule has 4 rings (SSSR count). The molecule has 0 unspecified atom stereocenters. The minimum atomic E-state index is -3.64. The molecule has 0 bridgehead atoms. The molecule has 1 saturated heterocycles. The quantitative estimate of drug-likeness (QED) is 0.576. The number of nitrogens with zero attached hydrogens (tertiary/aromatic N) is 2. The first-order valence-corrected chi connectivity index (χ1v) is 12.2. The lowest BCUT2D eigenvalue weighted by Crippen LogP contribution is -2.32. The standard InChI is InChI=1S/C23H27N3O5S/c1-30-20-11-10-17(32(28,29)26-14-6-2-3-7-15-26)16-19(20)24-22(27)12-13-23-25-18-8-4-5-9-21(18)31-23/h4-5,8-11,16H,2-3,6-7,12-15H2,1H3,(H,24,27). The number of nitrogens with one attached hydrogen (secondary N) is 1. The lowest BCUT2D eigenvalue weighted by molar-refractivity contribution is -0.116. The number of aryl methyl sites for hydroxylation is 1. The second kappa shape index (κ2) is 9.70. The fraction of sp³-hybridized carbons (Fsp3) is 0.391. The highest BCUT2D eigenvalue weighted by Gasteiger charge is 2.26. The van der Waals surface area contributed by atoms with Gasteiger partial charge in [-0.15, -0.1) is 0 Å². The SMILES string of the molecule is COc1ccc(S(=O)(=O)N2CCCCCC2)cc1NC(=O)CCc1nc2ccccc2o1. The zero-order valence-electron chi connectivity index (χ0n) is 18.0. The minimum absolute atomic E-state index is 0.138. The maximum absolute atomic E-state index is 13.1. The number of hydrogen-bond acceptors (Lipinski definition) is 6. The fourth-order valence-electron chi connectivity index (χ4n) is 3.84. The van der Waals surface area contributed by atoms with Crippen LogP contribution in [0.2, 0.25) is 0 Å². The third-order valence-electron chi connectivity index (χ3n) is 5.55. The molecule has 9 heteroatoms. The molecule has 1 aliphatic heterocycles. The normalized spacial score (nSPS) is 15.4. The fourth-order valence-corrected chi connectivity index (χ4v) is 5.38. The largest absolute Gasteiger partial charge is 0.495 e. The Hall–Kier alpha value is -2.91. The van der Waals surface area contributed by atoms with Crippen molar-refractivity contribution in [1.82, 2.24) is 9.29 Å². The Morgan fingerprint density at radius 2 is 1.88 bits per heavy atom. The van der Waals surface area contributed by atoms with Crippen molar-refractivity contribution in [2.24, 2.45) is 0 Å². The second-order valence-electron chi connectivity index (χ2n) is 7.80. The molecular formula is C23H27N3O5S. The van der Waals surface area contributed by atoms with Gasteiger partial charge in [-0.3, -0.25) is 4.79 Å². The van der Waals surface area contributed by atoms with Gasteiger partial charge in [-0.2, -0.15) is 4.31 Å². The number of ether oxygens (including phenoxy) is 1. The van der Waals surface area contributed by atoms with E-state index in [4.69, 9.17) is 9.15 Å². The van der Waals surface area contributed by atoms with Crippen molar-refractivity contribution < 1.29 is 22.4 Å². The first-order chi connectivity index (χ1) is 15.5. The van der Waals surface area contributed by atoms with Gasteiger partial charge < -0.3 is 14.5 Å². The molecule has 3 aromatic rings. The average molecular weight is 458 g/mol. The Morgan fingerprint density at radius 3 is 2.59 bits per heavy atom. The number of rotatable bonds is 7. The number of carbonyl (C=O) groups excluding carboxylic acids is 1. The van der Waals surface area contributed by atoms with Gasteiger partial charge in [0.1, 0.15) is 11.3 Å². The summed E-state index contributed by atoms with van der Waals surface area (Å²) in [7, 11) is -2.16. The number of oxazole rings is 1. The number of anilines is 1. The highest BCUT2D eigenvalue weighted by Crippen LogP contribution is 2.30. The second-order valence-corrected chi connectivity index (χ2v) is 9.74. The molecule has 32 heavy (non-hydrogen) atoms. The highest BCUT2D eigenvalue weighted by atomic mass is 32.2. The van der Waals surface area contributed by atoms with Gasteiger partial charge in [0.2, 0.25) is 15.9 Å². The van der Waals surface area contributed by atoms with Crippen molar-refractivity contribution in [2.45, 2.75) is 43.4 Å². The molecule has 0 radical (unpaired) electrons. The summed E-state index contributed by atoms with van der Waals surface area (Å²) in [6.07, 6.45) is 4.25. The molecule has 2 aromatic carbocycles. The maximum Gasteiger partial charge on any atom is 0.243 e. The number of aromatic nitrogens is 1. The Kier molecular flexibility index (Phi) is 6.76. The summed E-state index contributed by atoms with van der Waals surface area (Å²) in [6, 6.07) is 12.0. The van der Waals surface area contributed by atoms with Crippen LogP contribution in [0, 0.1) is 0 Å². The molecule has 0 spiro atoms. The van der Waals surface area contributed by atoms with E-state index in [2.05, 4.69) is 10.3 Å². The molecule has 1 fully saturated rings. The number of carbonyl (C=O) groups is 1. The van der Waals surface area contributed by atoms with Gasteiger partial charge in [-0.25, -0.2) is 13.4 Å². The molecule has 1 aromatic heterocycles. The molecule has 1 aliphatic rings. The smallest absolute Gasteiger partial charge is 0.243 e. The lowest BCUT2D eigenvalue weighted by atomic mass is 10.2. The lowest BCUT2D eigenvalue weighted by Gasteiger charge is -2.21. The van der Waals surface area contributed by atoms with Crippen molar-refractivity contribution in [3.05, 3.63) is 48.4 Å². The zero-order chi connectivity index (χ0) is 22.6. The Labute approximate surface area is 187 Å². The third-order valence-corrected chi connectivity index (χ3v) is 7.45. The van der Waals surface area contributed by atoms with E-state index in [0.29, 0.717) is 42.4 Å². The van der Waals surface area contributed by atoms with Gasteiger partial charge in [0.05, 0.1) is 17.7 Å². The summed E-state index contributed by atoms with van der Waals surface area (Å²) in [5.41, 5.74) is 1.75. The summed E-state index contributed by atoms with van der Waals surface area (Å²) >= 11 is 0. The average Bonchev–Trinajstić information content (AvgIpc) is 3.00. The summed E-state index contributed by atoms with van der Waals surface area (Å²) in [4.78, 5) is 17.1. The van der Waals surface area contributed by atoms with Crippen LogP contribution in [0.1, 0.15) is 38.0 Å². The van der Waals surface area contributed by atoms with E-state index in [1.165, 1.54) is 23.5 Å². The molecule has 1 N–H and O–H groups in total. The van der Waals surface area contributed by atoms with Crippen LogP contribution in [0.25, 0.3) is 11.1 Å². The summed E-state index contributed by atoms with van der Waals surface area (Å²) in [5.74, 6) is 0.593. The van der Waals surface area contributed by atoms with Crippen LogP contribution in [0.4, 0.5) is 5.69 Å². The Balaban J connectivity index is 1.47. The summed E-state index contributed by atoms with van der Waals surface area (Å²) in [5, 5.41) is 2.78. The van der Waals surface area contributed by atoms with Gasteiger partial charge in [0, 0.05) is 25.9 Å². The number of hydrogen-bond donors (Lipinski definition) is 1. The van der Waals surface area contributed by atoms with E-state index in [1.54, 1.807) is 6.07 Å². The number of sulfonamides is 1. The zero-order valence-corrected chi connectivity index (χ0v) is 18.9. The van der Waals surface area contributed by atoms with Crippen LogP contribution in [-0.2, 0) is 21.2 Å². The third kappa shape index (κ3) is 4.94. The summed E-state index contributed by atoms with van der Waals surface area (Å²) in [6.45, 7) is 1.03. The number of fused-ring (bicyclic) bond motifs is 1. The van der Waals surface area contributed by atoms with Crippen LogP contribution in [0.3, 0.4) is 0 Å². The van der Waals surface area contributed by atoms with Crippen molar-refractivity contribution in [3.8, 4) is 5.75 Å². The molecule has 1 amide bonds. The summed E-state index contributed by atoms with van der Waals surface area (Å²) < 4.78 is 38.8. The Morgan fingerprint density at radius 1 is 1.12 bits per heavy atom. The number of methoxy groups -OCH3 is 1. The van der Waals surface area contributed by atoms with Gasteiger partial charge in [-0.05, 0) is 43.2 Å². The number of amides is 1. The monoisotopic (exact) mass is 457 g/mol. The number of benzene rings is 2. The van der Waals surface area contributed by atoms with Crippen molar-refractivity contribution >= 4 is 32.7 Å². The van der Waals surface area contributed by atoms with Gasteiger partial charge in [0.25, 0.3) is 0 Å². The van der Waals surface area contributed by atoms with Crippen molar-refractivity contribution in [3.63, 3.8) is 0 Å². The van der Waals surface area contributed by atoms with Gasteiger partial charge in [-0.1, -0.05) is 25.0 Å². The van der Waals surface area contributed by atoms with Crippen LogP contribution in [0.15, 0.2) is 51.8 Å². The minimum Gasteiger partial charge on any atom is -0.495 e. The first kappa shape index (κ1) is 22.3. The maximum atomic E-state index is 13.1. The molecule has 0 saturated carbocycles. The van der Waals surface area contributed by atoms with Crippen molar-refractivity contribution in [2.75, 3.05) is 25.5 Å². The molecular weight excluding hydrogens is 430 g/mol. The van der Waals surface area contributed by atoms with E-state index in [0.717, 1.165) is 31.2 Å². The van der Waals surface area contributed by atoms with Gasteiger partial charge >= 0.3 is 0 Å². The van der Waals surface area contributed by atoms with Crippen LogP contribution in [-0.4, -0.2) is 43.8 Å². The molecule has 170 valence electrons. The van der Waals surface area contributed by atoms with Gasteiger partial charge in [0.15, 0.2) is 11.5 Å². The van der Waals surface area contributed by atoms with E-state index in [-0.39, 0.29) is 17.2 Å². The molecule has 8 nitrogen and oxygen atoms in total. The molecule has 0 aliphatic carbocycles. The molecule has 0 atom stereocenters. The van der Waals surface area contributed by atoms with E-state index >= 15 is 0 Å². The van der Waals surface area contributed by atoms with E-state index < -0.39 is 10.0 Å². The first-order valence-electron chi connectivity index (χ1n) is 10.8. The van der Waals surface area contributed by atoms with E-state index in [9.17, 15) is 13.2 Å². The Bertz CT molecular complexity index is 1160. The number of para-hydroxylation sites is 2. The predicted octanol–water partition coefficient (Wildman–Crippen LogP) is 3.97. The molecule has 2 heterocycles. The highest BCUT2D eigenvalue weighted by molar-refractivity contribution is 7.89. The van der Waals surface area contributed by atoms with Crippen LogP contribution >= 0.6 is 0 Å². The topological polar surface area (TPSA) is 102 Å². The van der Waals surface area contributed by atoms with Crippen LogP contribution < -0.4 is 10.1 Å². The van der Waals surface area contributed by atoms with Crippen LogP contribution in [0.5, 0.6) is 5.75 Å². The van der Waals surface area contributed by atoms with E-state index in [1.807, 2.05) is 24.3 Å².